The maximum absolute atomic E-state index is 13.3. The monoisotopic (exact) mass is 427 g/mol. The molecule has 7 nitrogen and oxygen atoms in total. The molecule has 0 aromatic heterocycles. The Labute approximate surface area is 167 Å². The Morgan fingerprint density at radius 2 is 2.04 bits per heavy atom. The van der Waals surface area contributed by atoms with Crippen molar-refractivity contribution in [3.05, 3.63) is 58.9 Å². The average Bonchev–Trinajstić information content (AvgIpc) is 2.66. The van der Waals surface area contributed by atoms with Crippen molar-refractivity contribution in [1.82, 2.24) is 9.03 Å². The standard InChI is InChI=1S/C18H19ClFN3O4S/c1-23-16(18(24)21-11-7-8-14(20)13(19)9-11)10-15(22-28(23,25)26)12-5-3-4-6-17(12)27-2/h3-9,15-16,22H,10H2,1-2H3,(H,21,24). The predicted octanol–water partition coefficient (Wildman–Crippen LogP) is 2.71. The summed E-state index contributed by atoms with van der Waals surface area (Å²) in [5.74, 6) is -0.642. The number of hydrogen-bond donors (Lipinski definition) is 2. The van der Waals surface area contributed by atoms with E-state index in [1.807, 2.05) is 0 Å². The van der Waals surface area contributed by atoms with Crippen molar-refractivity contribution in [3.63, 3.8) is 0 Å². The van der Waals surface area contributed by atoms with Crippen LogP contribution in [0.15, 0.2) is 42.5 Å². The third-order valence-electron chi connectivity index (χ3n) is 4.57. The van der Waals surface area contributed by atoms with Gasteiger partial charge < -0.3 is 10.1 Å². The summed E-state index contributed by atoms with van der Waals surface area (Å²) in [7, 11) is -1.09. The lowest BCUT2D eigenvalue weighted by atomic mass is 9.98. The fraction of sp³-hybridized carbons (Fsp3) is 0.278. The van der Waals surface area contributed by atoms with Crippen LogP contribution in [0.4, 0.5) is 10.1 Å². The van der Waals surface area contributed by atoms with Crippen LogP contribution >= 0.6 is 11.6 Å². The molecule has 2 atom stereocenters. The van der Waals surface area contributed by atoms with Gasteiger partial charge >= 0.3 is 0 Å². The number of benzene rings is 2. The van der Waals surface area contributed by atoms with Gasteiger partial charge in [-0.3, -0.25) is 4.79 Å². The number of nitrogens with zero attached hydrogens (tertiary/aromatic N) is 1. The van der Waals surface area contributed by atoms with Crippen LogP contribution < -0.4 is 14.8 Å². The number of ether oxygens (including phenoxy) is 1. The van der Waals surface area contributed by atoms with Gasteiger partial charge in [0.1, 0.15) is 17.6 Å². The number of anilines is 1. The molecule has 2 aromatic carbocycles. The second-order valence-electron chi connectivity index (χ2n) is 6.30. The van der Waals surface area contributed by atoms with Gasteiger partial charge in [0.05, 0.1) is 18.2 Å². The van der Waals surface area contributed by atoms with Gasteiger partial charge in [0.15, 0.2) is 0 Å². The van der Waals surface area contributed by atoms with Crippen molar-refractivity contribution in [3.8, 4) is 5.75 Å². The molecule has 0 radical (unpaired) electrons. The third-order valence-corrected chi connectivity index (χ3v) is 6.46. The number of para-hydroxylation sites is 1. The van der Waals surface area contributed by atoms with Gasteiger partial charge in [-0.15, -0.1) is 0 Å². The van der Waals surface area contributed by atoms with Crippen LogP contribution in [0.25, 0.3) is 0 Å². The zero-order chi connectivity index (χ0) is 20.5. The molecule has 3 rings (SSSR count). The number of carbonyl (C=O) groups is 1. The van der Waals surface area contributed by atoms with Crippen LogP contribution in [0.3, 0.4) is 0 Å². The summed E-state index contributed by atoms with van der Waals surface area (Å²) in [6, 6.07) is 9.11. The zero-order valence-electron chi connectivity index (χ0n) is 15.1. The van der Waals surface area contributed by atoms with Crippen molar-refractivity contribution in [1.29, 1.82) is 0 Å². The number of rotatable bonds is 4. The number of nitrogens with one attached hydrogen (secondary N) is 2. The van der Waals surface area contributed by atoms with E-state index in [0.29, 0.717) is 11.3 Å². The first-order valence-corrected chi connectivity index (χ1v) is 10.2. The van der Waals surface area contributed by atoms with Gasteiger partial charge in [0, 0.05) is 18.3 Å². The van der Waals surface area contributed by atoms with Gasteiger partial charge in [-0.1, -0.05) is 29.8 Å². The summed E-state index contributed by atoms with van der Waals surface area (Å²) < 4.78 is 47.3. The molecule has 0 saturated carbocycles. The number of halogens is 2. The van der Waals surface area contributed by atoms with Crippen molar-refractivity contribution >= 4 is 33.4 Å². The Bertz CT molecular complexity index is 1000. The molecule has 28 heavy (non-hydrogen) atoms. The molecule has 1 heterocycles. The van der Waals surface area contributed by atoms with Crippen LogP contribution in [-0.2, 0) is 15.0 Å². The number of amides is 1. The van der Waals surface area contributed by atoms with Crippen molar-refractivity contribution in [2.75, 3.05) is 19.5 Å². The van der Waals surface area contributed by atoms with E-state index in [1.165, 1.54) is 26.3 Å². The van der Waals surface area contributed by atoms with Crippen LogP contribution in [-0.4, -0.2) is 38.8 Å². The molecule has 2 N–H and O–H groups in total. The second-order valence-corrected chi connectivity index (χ2v) is 8.47. The van der Waals surface area contributed by atoms with Crippen molar-refractivity contribution in [2.45, 2.75) is 18.5 Å². The molecule has 0 spiro atoms. The summed E-state index contributed by atoms with van der Waals surface area (Å²) in [5, 5.41) is 2.45. The minimum atomic E-state index is -3.90. The Kier molecular flexibility index (Phi) is 5.90. The summed E-state index contributed by atoms with van der Waals surface area (Å²) >= 11 is 5.74. The molecule has 0 bridgehead atoms. The normalized spacial score (nSPS) is 21.9. The number of likely N-dealkylation sites (N-methyl/N-ethyl adjacent to an activating group) is 1. The topological polar surface area (TPSA) is 87.7 Å². The number of carbonyl (C=O) groups excluding carboxylic acids is 1. The Balaban J connectivity index is 1.88. The highest BCUT2D eigenvalue weighted by Gasteiger charge is 2.41. The molecule has 1 fully saturated rings. The fourth-order valence-electron chi connectivity index (χ4n) is 3.07. The van der Waals surface area contributed by atoms with Crippen LogP contribution in [0.2, 0.25) is 5.02 Å². The summed E-state index contributed by atoms with van der Waals surface area (Å²) in [6.07, 6.45) is 0.177. The zero-order valence-corrected chi connectivity index (χ0v) is 16.7. The molecule has 1 saturated heterocycles. The summed E-state index contributed by atoms with van der Waals surface area (Å²) in [5.41, 5.74) is 0.902. The SMILES string of the molecule is COc1ccccc1C1CC(C(=O)Nc2ccc(F)c(Cl)c2)N(C)S(=O)(=O)N1. The highest BCUT2D eigenvalue weighted by atomic mass is 35.5. The highest BCUT2D eigenvalue weighted by molar-refractivity contribution is 7.87. The van der Waals surface area contributed by atoms with Gasteiger partial charge in [-0.25, -0.2) is 4.39 Å². The number of hydrogen-bond acceptors (Lipinski definition) is 4. The molecule has 2 unspecified atom stereocenters. The molecule has 150 valence electrons. The van der Waals surface area contributed by atoms with Gasteiger partial charge in [-0.05, 0) is 30.7 Å². The molecule has 10 heteroatoms. The summed E-state index contributed by atoms with van der Waals surface area (Å²) in [4.78, 5) is 12.8. The first-order chi connectivity index (χ1) is 13.2. The smallest absolute Gasteiger partial charge is 0.280 e. The van der Waals surface area contributed by atoms with Crippen molar-refractivity contribution < 1.29 is 22.3 Å². The lowest BCUT2D eigenvalue weighted by Crippen LogP contribution is -2.56. The molecule has 1 amide bonds. The van der Waals surface area contributed by atoms with Gasteiger partial charge in [-0.2, -0.15) is 17.4 Å². The van der Waals surface area contributed by atoms with E-state index in [1.54, 1.807) is 24.3 Å². The number of methoxy groups -OCH3 is 1. The van der Waals surface area contributed by atoms with Crippen LogP contribution in [0.5, 0.6) is 5.75 Å². The predicted molar refractivity (Wildman–Crippen MR) is 104 cm³/mol. The minimum absolute atomic E-state index is 0.143. The highest BCUT2D eigenvalue weighted by Crippen LogP contribution is 2.33. The van der Waals surface area contributed by atoms with Gasteiger partial charge in [0.25, 0.3) is 10.2 Å². The maximum atomic E-state index is 13.3. The quantitative estimate of drug-likeness (QED) is 0.785. The van der Waals surface area contributed by atoms with Crippen LogP contribution in [0.1, 0.15) is 18.0 Å². The average molecular weight is 428 g/mol. The lowest BCUT2D eigenvalue weighted by Gasteiger charge is -2.36. The Morgan fingerprint density at radius 1 is 1.32 bits per heavy atom. The lowest BCUT2D eigenvalue weighted by molar-refractivity contribution is -0.120. The van der Waals surface area contributed by atoms with E-state index in [4.69, 9.17) is 16.3 Å². The molecule has 2 aromatic rings. The van der Waals surface area contributed by atoms with E-state index < -0.39 is 34.0 Å². The second kappa shape index (κ2) is 8.04. The Hall–Kier alpha value is -2.20. The minimum Gasteiger partial charge on any atom is -0.496 e. The Morgan fingerprint density at radius 3 is 2.71 bits per heavy atom. The molecule has 1 aliphatic heterocycles. The van der Waals surface area contributed by atoms with E-state index in [9.17, 15) is 17.6 Å². The third kappa shape index (κ3) is 4.12. The molecular weight excluding hydrogens is 409 g/mol. The van der Waals surface area contributed by atoms with E-state index in [2.05, 4.69) is 10.0 Å². The molecule has 0 aliphatic carbocycles. The first-order valence-electron chi connectivity index (χ1n) is 8.37. The fourth-order valence-corrected chi connectivity index (χ4v) is 4.51. The van der Waals surface area contributed by atoms with E-state index >= 15 is 0 Å². The van der Waals surface area contributed by atoms with E-state index in [0.717, 1.165) is 10.4 Å². The summed E-state index contributed by atoms with van der Waals surface area (Å²) in [6.45, 7) is 0. The van der Waals surface area contributed by atoms with Gasteiger partial charge in [0.2, 0.25) is 5.91 Å². The molecule has 1 aliphatic rings. The largest absolute Gasteiger partial charge is 0.496 e. The maximum Gasteiger partial charge on any atom is 0.280 e. The first kappa shape index (κ1) is 20.5. The molecular formula is C18H19ClFN3O4S. The van der Waals surface area contributed by atoms with E-state index in [-0.39, 0.29) is 17.1 Å². The van der Waals surface area contributed by atoms with Crippen LogP contribution in [0, 0.1) is 5.82 Å². The van der Waals surface area contributed by atoms with Crippen molar-refractivity contribution in [2.24, 2.45) is 0 Å².